The minimum Gasteiger partial charge on any atom is -0.376 e. The molecule has 0 amide bonds. The summed E-state index contributed by atoms with van der Waals surface area (Å²) in [7, 11) is -3.38. The molecule has 0 bridgehead atoms. The molecular weight excluding hydrogens is 250 g/mol. The maximum Gasteiger partial charge on any atom is 0.243 e. The molecule has 1 fully saturated rings. The number of aryl methyl sites for hydroxylation is 2. The number of hydrogen-bond donors (Lipinski definition) is 0. The molecule has 1 aliphatic rings. The minimum absolute atomic E-state index is 0.0416. The molecule has 1 unspecified atom stereocenters. The first-order chi connectivity index (χ1) is 8.41. The van der Waals surface area contributed by atoms with Crippen LogP contribution in [-0.4, -0.2) is 38.5 Å². The third-order valence-corrected chi connectivity index (χ3v) is 5.18. The summed E-state index contributed by atoms with van der Waals surface area (Å²) >= 11 is 0. The Morgan fingerprint density at radius 2 is 2.00 bits per heavy atom. The van der Waals surface area contributed by atoms with Crippen LogP contribution in [0.25, 0.3) is 0 Å². The van der Waals surface area contributed by atoms with Crippen LogP contribution in [-0.2, 0) is 14.8 Å². The van der Waals surface area contributed by atoms with Crippen LogP contribution in [0.5, 0.6) is 0 Å². The van der Waals surface area contributed by atoms with Crippen molar-refractivity contribution in [3.05, 3.63) is 29.3 Å². The van der Waals surface area contributed by atoms with E-state index in [-0.39, 0.29) is 6.10 Å². The summed E-state index contributed by atoms with van der Waals surface area (Å²) < 4.78 is 31.8. The number of ether oxygens (including phenoxy) is 1. The number of morpholine rings is 1. The molecule has 0 aromatic heterocycles. The average molecular weight is 269 g/mol. The average Bonchev–Trinajstić information content (AvgIpc) is 2.32. The lowest BCUT2D eigenvalue weighted by atomic mass is 10.1. The van der Waals surface area contributed by atoms with Gasteiger partial charge in [-0.05, 0) is 44.0 Å². The van der Waals surface area contributed by atoms with Crippen LogP contribution in [0.4, 0.5) is 0 Å². The van der Waals surface area contributed by atoms with Gasteiger partial charge in [-0.15, -0.1) is 0 Å². The van der Waals surface area contributed by atoms with Crippen LogP contribution < -0.4 is 0 Å². The molecule has 1 atom stereocenters. The molecule has 1 aromatic carbocycles. The molecule has 18 heavy (non-hydrogen) atoms. The summed E-state index contributed by atoms with van der Waals surface area (Å²) in [5, 5.41) is 0. The minimum atomic E-state index is -3.38. The van der Waals surface area contributed by atoms with Crippen LogP contribution >= 0.6 is 0 Å². The quantitative estimate of drug-likeness (QED) is 0.821. The van der Waals surface area contributed by atoms with E-state index in [4.69, 9.17) is 4.74 Å². The lowest BCUT2D eigenvalue weighted by Gasteiger charge is -2.30. The summed E-state index contributed by atoms with van der Waals surface area (Å²) in [5.74, 6) is 0. The van der Waals surface area contributed by atoms with E-state index in [1.54, 1.807) is 12.1 Å². The highest BCUT2D eigenvalue weighted by Crippen LogP contribution is 2.21. The first-order valence-corrected chi connectivity index (χ1v) is 7.54. The second-order valence-corrected chi connectivity index (χ2v) is 6.73. The molecule has 0 saturated carbocycles. The summed E-state index contributed by atoms with van der Waals surface area (Å²) in [6.45, 7) is 7.11. The molecule has 1 aromatic rings. The van der Waals surface area contributed by atoms with E-state index in [2.05, 4.69) is 0 Å². The maximum absolute atomic E-state index is 12.5. The van der Waals surface area contributed by atoms with E-state index in [1.165, 1.54) is 4.31 Å². The molecule has 0 N–H and O–H groups in total. The Hall–Kier alpha value is -0.910. The van der Waals surface area contributed by atoms with Crippen molar-refractivity contribution in [3.63, 3.8) is 0 Å². The standard InChI is InChI=1S/C13H19NO3S/c1-10-4-5-13(8-11(10)2)18(15,16)14-6-7-17-12(3)9-14/h4-5,8,12H,6-7,9H2,1-3H3. The Balaban J connectivity index is 2.32. The molecule has 5 heteroatoms. The maximum atomic E-state index is 12.5. The van der Waals surface area contributed by atoms with Crippen LogP contribution in [0, 0.1) is 13.8 Å². The van der Waals surface area contributed by atoms with E-state index >= 15 is 0 Å². The lowest BCUT2D eigenvalue weighted by molar-refractivity contribution is 0.0102. The molecule has 1 heterocycles. The fraction of sp³-hybridized carbons (Fsp3) is 0.538. The summed E-state index contributed by atoms with van der Waals surface area (Å²) in [6, 6.07) is 5.27. The zero-order valence-corrected chi connectivity index (χ0v) is 11.8. The van der Waals surface area contributed by atoms with Crippen molar-refractivity contribution >= 4 is 10.0 Å². The highest BCUT2D eigenvalue weighted by Gasteiger charge is 2.29. The van der Waals surface area contributed by atoms with Crippen molar-refractivity contribution < 1.29 is 13.2 Å². The lowest BCUT2D eigenvalue weighted by Crippen LogP contribution is -2.44. The fourth-order valence-electron chi connectivity index (χ4n) is 2.03. The molecule has 0 radical (unpaired) electrons. The Kier molecular flexibility index (Phi) is 3.75. The Labute approximate surface area is 109 Å². The van der Waals surface area contributed by atoms with Gasteiger partial charge in [0.25, 0.3) is 0 Å². The smallest absolute Gasteiger partial charge is 0.243 e. The first kappa shape index (κ1) is 13.5. The number of sulfonamides is 1. The van der Waals surface area contributed by atoms with Crippen LogP contribution in [0.2, 0.25) is 0 Å². The van der Waals surface area contributed by atoms with Crippen LogP contribution in [0.1, 0.15) is 18.1 Å². The van der Waals surface area contributed by atoms with Crippen molar-refractivity contribution in [3.8, 4) is 0 Å². The summed E-state index contributed by atoms with van der Waals surface area (Å²) in [6.07, 6.45) is -0.0416. The molecule has 100 valence electrons. The topological polar surface area (TPSA) is 46.6 Å². The monoisotopic (exact) mass is 269 g/mol. The van der Waals surface area contributed by atoms with Crippen LogP contribution in [0.3, 0.4) is 0 Å². The van der Waals surface area contributed by atoms with Crippen LogP contribution in [0.15, 0.2) is 23.1 Å². The van der Waals surface area contributed by atoms with E-state index in [1.807, 2.05) is 26.8 Å². The molecule has 4 nitrogen and oxygen atoms in total. The van der Waals surface area contributed by atoms with Crippen molar-refractivity contribution in [1.82, 2.24) is 4.31 Å². The molecule has 2 rings (SSSR count). The third-order valence-electron chi connectivity index (χ3n) is 3.32. The second-order valence-electron chi connectivity index (χ2n) is 4.79. The molecule has 1 saturated heterocycles. The number of rotatable bonds is 2. The highest BCUT2D eigenvalue weighted by atomic mass is 32.2. The van der Waals surface area contributed by atoms with E-state index in [0.717, 1.165) is 11.1 Å². The summed E-state index contributed by atoms with van der Waals surface area (Å²) in [5.41, 5.74) is 2.10. The number of benzene rings is 1. The molecule has 0 spiro atoms. The zero-order valence-electron chi connectivity index (χ0n) is 11.0. The van der Waals surface area contributed by atoms with Gasteiger partial charge in [0.1, 0.15) is 0 Å². The second kappa shape index (κ2) is 4.99. The summed E-state index contributed by atoms with van der Waals surface area (Å²) in [4.78, 5) is 0.375. The van der Waals surface area contributed by atoms with Gasteiger partial charge < -0.3 is 4.74 Å². The van der Waals surface area contributed by atoms with E-state index in [9.17, 15) is 8.42 Å². The van der Waals surface area contributed by atoms with Crippen molar-refractivity contribution in [2.75, 3.05) is 19.7 Å². The molecular formula is C13H19NO3S. The SMILES string of the molecule is Cc1ccc(S(=O)(=O)N2CCOC(C)C2)cc1C. The van der Waals surface area contributed by atoms with Gasteiger partial charge in [-0.3, -0.25) is 0 Å². The van der Waals surface area contributed by atoms with Crippen molar-refractivity contribution in [2.24, 2.45) is 0 Å². The van der Waals surface area contributed by atoms with Gasteiger partial charge in [-0.25, -0.2) is 8.42 Å². The predicted molar refractivity (Wildman–Crippen MR) is 70.1 cm³/mol. The zero-order chi connectivity index (χ0) is 13.3. The Morgan fingerprint density at radius 1 is 1.28 bits per heavy atom. The first-order valence-electron chi connectivity index (χ1n) is 6.10. The Bertz CT molecular complexity index is 539. The molecule has 0 aliphatic carbocycles. The van der Waals surface area contributed by atoms with Gasteiger partial charge in [-0.1, -0.05) is 6.07 Å². The number of hydrogen-bond acceptors (Lipinski definition) is 3. The van der Waals surface area contributed by atoms with Gasteiger partial charge in [0.05, 0.1) is 17.6 Å². The Morgan fingerprint density at radius 3 is 2.61 bits per heavy atom. The normalized spacial score (nSPS) is 22.1. The van der Waals surface area contributed by atoms with E-state index < -0.39 is 10.0 Å². The van der Waals surface area contributed by atoms with Gasteiger partial charge in [0.2, 0.25) is 10.0 Å². The van der Waals surface area contributed by atoms with E-state index in [0.29, 0.717) is 24.6 Å². The fourth-order valence-corrected chi connectivity index (χ4v) is 3.61. The predicted octanol–water partition coefficient (Wildman–Crippen LogP) is 1.71. The van der Waals surface area contributed by atoms with Gasteiger partial charge in [0, 0.05) is 13.1 Å². The van der Waals surface area contributed by atoms with Gasteiger partial charge in [0.15, 0.2) is 0 Å². The number of nitrogens with zero attached hydrogens (tertiary/aromatic N) is 1. The van der Waals surface area contributed by atoms with Gasteiger partial charge in [-0.2, -0.15) is 4.31 Å². The van der Waals surface area contributed by atoms with Crippen molar-refractivity contribution in [1.29, 1.82) is 0 Å². The van der Waals surface area contributed by atoms with Crippen molar-refractivity contribution in [2.45, 2.75) is 31.8 Å². The molecule has 1 aliphatic heterocycles. The highest BCUT2D eigenvalue weighted by molar-refractivity contribution is 7.89. The third kappa shape index (κ3) is 2.58. The van der Waals surface area contributed by atoms with Gasteiger partial charge >= 0.3 is 0 Å². The largest absolute Gasteiger partial charge is 0.376 e.